The van der Waals surface area contributed by atoms with E-state index in [1.165, 1.54) is 38.9 Å². The summed E-state index contributed by atoms with van der Waals surface area (Å²) < 4.78 is 0. The van der Waals surface area contributed by atoms with Crippen molar-refractivity contribution in [3.63, 3.8) is 0 Å². The molecule has 2 heteroatoms. The minimum absolute atomic E-state index is 0.245. The standard InChI is InChI=1S/C7H14N2/c8-7-1-4-9(5-2-7)6-3-7/h1-6,8H2. The Hall–Kier alpha value is -0.0800. The van der Waals surface area contributed by atoms with Crippen LogP contribution in [0.5, 0.6) is 0 Å². The van der Waals surface area contributed by atoms with Gasteiger partial charge in [0.1, 0.15) is 0 Å². The molecule has 52 valence electrons. The van der Waals surface area contributed by atoms with Gasteiger partial charge in [-0.05, 0) is 38.9 Å². The second-order valence-electron chi connectivity index (χ2n) is 3.45. The molecule has 3 fully saturated rings. The predicted molar refractivity (Wildman–Crippen MR) is 37.2 cm³/mol. The number of piperidine rings is 3. The smallest absolute Gasteiger partial charge is 0.0190 e. The highest BCUT2D eigenvalue weighted by molar-refractivity contribution is 4.95. The van der Waals surface area contributed by atoms with Crippen molar-refractivity contribution in [3.05, 3.63) is 0 Å². The highest BCUT2D eigenvalue weighted by atomic mass is 15.2. The van der Waals surface area contributed by atoms with Gasteiger partial charge >= 0.3 is 0 Å². The van der Waals surface area contributed by atoms with E-state index in [2.05, 4.69) is 4.90 Å². The van der Waals surface area contributed by atoms with Crippen molar-refractivity contribution < 1.29 is 0 Å². The first-order chi connectivity index (χ1) is 4.29. The fraction of sp³-hybridized carbons (Fsp3) is 1.00. The van der Waals surface area contributed by atoms with Gasteiger partial charge in [0.05, 0.1) is 0 Å². The lowest BCUT2D eigenvalue weighted by Gasteiger charge is -2.46. The first-order valence-electron chi connectivity index (χ1n) is 3.80. The fourth-order valence-corrected chi connectivity index (χ4v) is 1.85. The van der Waals surface area contributed by atoms with E-state index in [9.17, 15) is 0 Å². The number of hydrogen-bond donors (Lipinski definition) is 1. The Bertz CT molecular complexity index is 100. The molecular formula is C7H14N2. The van der Waals surface area contributed by atoms with Gasteiger partial charge in [0.15, 0.2) is 0 Å². The van der Waals surface area contributed by atoms with Gasteiger partial charge in [-0.25, -0.2) is 0 Å². The quantitative estimate of drug-likeness (QED) is 0.502. The molecular weight excluding hydrogens is 112 g/mol. The van der Waals surface area contributed by atoms with Crippen LogP contribution in [-0.2, 0) is 0 Å². The zero-order valence-electron chi connectivity index (χ0n) is 5.77. The summed E-state index contributed by atoms with van der Waals surface area (Å²) in [5, 5.41) is 0. The van der Waals surface area contributed by atoms with Crippen molar-refractivity contribution >= 4 is 0 Å². The number of hydrogen-bond acceptors (Lipinski definition) is 2. The Balaban J connectivity index is 2.11. The van der Waals surface area contributed by atoms with Crippen LogP contribution in [0.2, 0.25) is 0 Å². The molecule has 2 bridgehead atoms. The zero-order chi connectivity index (χ0) is 6.32. The molecule has 2 N–H and O–H groups in total. The second kappa shape index (κ2) is 1.70. The van der Waals surface area contributed by atoms with Gasteiger partial charge in [-0.2, -0.15) is 0 Å². The van der Waals surface area contributed by atoms with Crippen LogP contribution in [0.15, 0.2) is 0 Å². The maximum absolute atomic E-state index is 6.07. The van der Waals surface area contributed by atoms with Gasteiger partial charge in [-0.3, -0.25) is 0 Å². The summed E-state index contributed by atoms with van der Waals surface area (Å²) in [5.74, 6) is 0. The summed E-state index contributed by atoms with van der Waals surface area (Å²) >= 11 is 0. The molecule has 0 radical (unpaired) electrons. The third kappa shape index (κ3) is 0.864. The molecule has 0 aromatic heterocycles. The largest absolute Gasteiger partial charge is 0.325 e. The highest BCUT2D eigenvalue weighted by Crippen LogP contribution is 2.28. The van der Waals surface area contributed by atoms with Crippen molar-refractivity contribution in [1.29, 1.82) is 0 Å². The Kier molecular flexibility index (Phi) is 1.08. The maximum Gasteiger partial charge on any atom is 0.0190 e. The molecule has 3 saturated heterocycles. The molecule has 0 saturated carbocycles. The number of nitrogens with two attached hydrogens (primary N) is 1. The second-order valence-corrected chi connectivity index (χ2v) is 3.45. The molecule has 0 aliphatic carbocycles. The lowest BCUT2D eigenvalue weighted by Crippen LogP contribution is -2.57. The molecule has 2 nitrogen and oxygen atoms in total. The Morgan fingerprint density at radius 1 is 1.00 bits per heavy atom. The molecule has 0 atom stereocenters. The highest BCUT2D eigenvalue weighted by Gasteiger charge is 2.35. The van der Waals surface area contributed by atoms with Crippen molar-refractivity contribution in [2.75, 3.05) is 19.6 Å². The first kappa shape index (κ1) is 5.69. The number of fused-ring (bicyclic) bond motifs is 3. The fourth-order valence-electron chi connectivity index (χ4n) is 1.85. The van der Waals surface area contributed by atoms with E-state index in [1.807, 2.05) is 0 Å². The summed E-state index contributed by atoms with van der Waals surface area (Å²) in [4.78, 5) is 2.51. The Labute approximate surface area is 56.0 Å². The van der Waals surface area contributed by atoms with E-state index in [-0.39, 0.29) is 5.54 Å². The molecule has 0 unspecified atom stereocenters. The molecule has 0 spiro atoms. The van der Waals surface area contributed by atoms with Crippen molar-refractivity contribution in [2.45, 2.75) is 24.8 Å². The molecule has 0 amide bonds. The van der Waals surface area contributed by atoms with Crippen LogP contribution in [-0.4, -0.2) is 30.1 Å². The first-order valence-corrected chi connectivity index (χ1v) is 3.80. The van der Waals surface area contributed by atoms with E-state index in [0.717, 1.165) is 0 Å². The average Bonchev–Trinajstić information content (AvgIpc) is 1.90. The van der Waals surface area contributed by atoms with Crippen LogP contribution in [0, 0.1) is 0 Å². The summed E-state index contributed by atoms with van der Waals surface area (Å²) in [6, 6.07) is 0. The minimum Gasteiger partial charge on any atom is -0.325 e. The molecule has 3 heterocycles. The molecule has 9 heavy (non-hydrogen) atoms. The van der Waals surface area contributed by atoms with Crippen LogP contribution in [0.4, 0.5) is 0 Å². The topological polar surface area (TPSA) is 29.3 Å². The van der Waals surface area contributed by atoms with Gasteiger partial charge in [0.25, 0.3) is 0 Å². The predicted octanol–water partition coefficient (Wildman–Crippen LogP) is 0.183. The maximum atomic E-state index is 6.07. The third-order valence-electron chi connectivity index (χ3n) is 2.78. The summed E-state index contributed by atoms with van der Waals surface area (Å²) in [5.41, 5.74) is 6.31. The van der Waals surface area contributed by atoms with Gasteiger partial charge < -0.3 is 10.6 Å². The molecule has 3 rings (SSSR count). The van der Waals surface area contributed by atoms with E-state index in [1.54, 1.807) is 0 Å². The van der Waals surface area contributed by atoms with Gasteiger partial charge in [-0.1, -0.05) is 0 Å². The van der Waals surface area contributed by atoms with Crippen molar-refractivity contribution in [2.24, 2.45) is 5.73 Å². The average molecular weight is 126 g/mol. The molecule has 3 aliphatic heterocycles. The van der Waals surface area contributed by atoms with Crippen molar-refractivity contribution in [3.8, 4) is 0 Å². The van der Waals surface area contributed by atoms with Crippen LogP contribution < -0.4 is 5.73 Å². The summed E-state index contributed by atoms with van der Waals surface area (Å²) in [6.45, 7) is 3.74. The van der Waals surface area contributed by atoms with Crippen LogP contribution in [0.3, 0.4) is 0 Å². The van der Waals surface area contributed by atoms with E-state index >= 15 is 0 Å². The number of rotatable bonds is 0. The van der Waals surface area contributed by atoms with Crippen LogP contribution >= 0.6 is 0 Å². The molecule has 0 aromatic carbocycles. The van der Waals surface area contributed by atoms with E-state index < -0.39 is 0 Å². The zero-order valence-corrected chi connectivity index (χ0v) is 5.77. The monoisotopic (exact) mass is 126 g/mol. The van der Waals surface area contributed by atoms with Crippen LogP contribution in [0.25, 0.3) is 0 Å². The van der Waals surface area contributed by atoms with E-state index in [0.29, 0.717) is 0 Å². The third-order valence-corrected chi connectivity index (χ3v) is 2.78. The Morgan fingerprint density at radius 3 is 1.67 bits per heavy atom. The minimum atomic E-state index is 0.245. The molecule has 0 aromatic rings. The van der Waals surface area contributed by atoms with Gasteiger partial charge in [-0.15, -0.1) is 0 Å². The van der Waals surface area contributed by atoms with Gasteiger partial charge in [0, 0.05) is 5.54 Å². The van der Waals surface area contributed by atoms with Gasteiger partial charge in [0.2, 0.25) is 0 Å². The van der Waals surface area contributed by atoms with E-state index in [4.69, 9.17) is 5.73 Å². The summed E-state index contributed by atoms with van der Waals surface area (Å²) in [7, 11) is 0. The Morgan fingerprint density at radius 2 is 1.44 bits per heavy atom. The summed E-state index contributed by atoms with van der Waals surface area (Å²) in [6.07, 6.45) is 3.69. The molecule has 3 aliphatic rings. The van der Waals surface area contributed by atoms with Crippen molar-refractivity contribution in [1.82, 2.24) is 4.90 Å². The SMILES string of the molecule is NC12CCN(CC1)CC2. The lowest BCUT2D eigenvalue weighted by atomic mass is 9.81. The van der Waals surface area contributed by atoms with Crippen LogP contribution in [0.1, 0.15) is 19.3 Å². The number of nitrogens with zero attached hydrogens (tertiary/aromatic N) is 1. The lowest BCUT2D eigenvalue weighted by molar-refractivity contribution is 0.0869. The normalized spacial score (nSPS) is 49.7.